The molecule has 11 nitrogen and oxygen atoms in total. The van der Waals surface area contributed by atoms with Crippen molar-refractivity contribution in [2.45, 2.75) is 37.9 Å². The molecule has 44 heavy (non-hydrogen) atoms. The summed E-state index contributed by atoms with van der Waals surface area (Å²) in [6, 6.07) is 13.4. The first kappa shape index (κ1) is 28.7. The lowest BCUT2D eigenvalue weighted by Gasteiger charge is -2.37. The Bertz CT molecular complexity index is 1790. The summed E-state index contributed by atoms with van der Waals surface area (Å²) >= 11 is 0. The average Bonchev–Trinajstić information content (AvgIpc) is 3.41. The molecule has 0 spiro atoms. The monoisotopic (exact) mass is 602 g/mol. The summed E-state index contributed by atoms with van der Waals surface area (Å²) in [5, 5.41) is 9.89. The molecule has 224 valence electrons. The Morgan fingerprint density at radius 1 is 1.02 bits per heavy atom. The summed E-state index contributed by atoms with van der Waals surface area (Å²) in [5.41, 5.74) is 0.877. The summed E-state index contributed by atoms with van der Waals surface area (Å²) in [7, 11) is 0. The third-order valence-corrected chi connectivity index (χ3v) is 7.41. The van der Waals surface area contributed by atoms with E-state index in [0.29, 0.717) is 40.8 Å². The van der Waals surface area contributed by atoms with E-state index in [4.69, 9.17) is 0 Å². The van der Waals surface area contributed by atoms with Gasteiger partial charge in [-0.3, -0.25) is 19.3 Å². The zero-order valence-electron chi connectivity index (χ0n) is 23.2. The molecule has 0 fully saturated rings. The first-order chi connectivity index (χ1) is 21.2. The fraction of sp³-hybridized carbons (Fsp3) is 0.233. The number of anilines is 2. The van der Waals surface area contributed by atoms with Gasteiger partial charge in [-0.1, -0.05) is 30.3 Å². The molecule has 0 radical (unpaired) electrons. The van der Waals surface area contributed by atoms with Gasteiger partial charge in [-0.15, -0.1) is 0 Å². The molecule has 2 N–H and O–H groups in total. The number of pyridine rings is 1. The van der Waals surface area contributed by atoms with Crippen LogP contribution < -0.4 is 15.5 Å². The average molecular weight is 603 g/mol. The van der Waals surface area contributed by atoms with Crippen molar-refractivity contribution in [1.29, 1.82) is 0 Å². The Hall–Kier alpha value is -5.40. The SMILES string of the molecule is CCN1C(=O)[C@@H](NC(=O)c2nccc(C(F)(F)F)n2)[C@H](c2cccc(NC(=O)C3=CCC3)n2)c2cnn(-c3ccccc3)c21. The smallest absolute Gasteiger partial charge is 0.336 e. The Morgan fingerprint density at radius 2 is 1.80 bits per heavy atom. The minimum atomic E-state index is -4.80. The lowest BCUT2D eigenvalue weighted by Crippen LogP contribution is -2.55. The maximum Gasteiger partial charge on any atom is 0.433 e. The van der Waals surface area contributed by atoms with Crippen molar-refractivity contribution in [3.05, 3.63) is 101 Å². The van der Waals surface area contributed by atoms with Crippen LogP contribution in [0.15, 0.2) is 78.6 Å². The standard InChI is InChI=1S/C30H25F3N8O3/c1-2-40-28-19(16-35-41(28)18-10-4-3-5-11-18)23(20-12-7-13-22(36-20)38-26(42)17-8-6-9-17)24(29(40)44)39-27(43)25-34-15-14-21(37-25)30(31,32)33/h3-5,7-8,10-16,23-24H,2,6,9H2,1H3,(H,39,43)(H,36,38,42)/t23-,24-/m0/s1. The van der Waals surface area contributed by atoms with Gasteiger partial charge < -0.3 is 10.6 Å². The van der Waals surface area contributed by atoms with E-state index in [1.807, 2.05) is 36.4 Å². The normalized spacial score (nSPS) is 17.8. The highest BCUT2D eigenvalue weighted by molar-refractivity contribution is 6.05. The molecule has 1 aliphatic heterocycles. The number of nitrogens with one attached hydrogen (secondary N) is 2. The van der Waals surface area contributed by atoms with E-state index in [-0.39, 0.29) is 18.3 Å². The Kier molecular flexibility index (Phi) is 7.41. The van der Waals surface area contributed by atoms with Gasteiger partial charge in [0.1, 0.15) is 23.4 Å². The quantitative estimate of drug-likeness (QED) is 0.326. The number of hydrogen-bond donors (Lipinski definition) is 2. The number of carbonyl (C=O) groups excluding carboxylic acids is 3. The molecule has 0 bridgehead atoms. The second kappa shape index (κ2) is 11.4. The van der Waals surface area contributed by atoms with E-state index < -0.39 is 41.5 Å². The van der Waals surface area contributed by atoms with Crippen molar-refractivity contribution in [2.24, 2.45) is 0 Å². The zero-order valence-corrected chi connectivity index (χ0v) is 23.2. The predicted octanol–water partition coefficient (Wildman–Crippen LogP) is 4.03. The third kappa shape index (κ3) is 5.29. The molecule has 3 aromatic heterocycles. The Labute approximate surface area is 248 Å². The number of fused-ring (bicyclic) bond motifs is 1. The van der Waals surface area contributed by atoms with Gasteiger partial charge in [-0.25, -0.2) is 19.6 Å². The molecular formula is C30H25F3N8O3. The number of rotatable bonds is 7. The maximum absolute atomic E-state index is 14.1. The van der Waals surface area contributed by atoms with E-state index in [1.165, 1.54) is 4.90 Å². The van der Waals surface area contributed by atoms with E-state index in [2.05, 4.69) is 30.7 Å². The minimum Gasteiger partial charge on any atom is -0.336 e. The number of aromatic nitrogens is 5. The van der Waals surface area contributed by atoms with Gasteiger partial charge in [0.25, 0.3) is 17.7 Å². The third-order valence-electron chi connectivity index (χ3n) is 7.41. The van der Waals surface area contributed by atoms with Crippen LogP contribution in [0.2, 0.25) is 0 Å². The summed E-state index contributed by atoms with van der Waals surface area (Å²) in [5.74, 6) is -2.91. The summed E-state index contributed by atoms with van der Waals surface area (Å²) in [4.78, 5) is 53.2. The van der Waals surface area contributed by atoms with Crippen molar-refractivity contribution in [3.63, 3.8) is 0 Å². The van der Waals surface area contributed by atoms with Crippen molar-refractivity contribution in [2.75, 3.05) is 16.8 Å². The number of likely N-dealkylation sites (N-methyl/N-ethyl adjacent to an activating group) is 1. The molecule has 0 saturated carbocycles. The van der Waals surface area contributed by atoms with Gasteiger partial charge in [-0.05, 0) is 50.1 Å². The molecule has 0 unspecified atom stereocenters. The molecule has 2 aliphatic rings. The zero-order chi connectivity index (χ0) is 31.0. The van der Waals surface area contributed by atoms with Crippen LogP contribution in [-0.4, -0.2) is 55.0 Å². The van der Waals surface area contributed by atoms with E-state index in [1.54, 1.807) is 36.0 Å². The van der Waals surface area contributed by atoms with E-state index in [0.717, 1.165) is 12.6 Å². The molecule has 1 aromatic carbocycles. The summed E-state index contributed by atoms with van der Waals surface area (Å²) in [6.07, 6.45) is 0.892. The van der Waals surface area contributed by atoms with Gasteiger partial charge in [0.05, 0.1) is 23.5 Å². The molecular weight excluding hydrogens is 577 g/mol. The number of hydrogen-bond acceptors (Lipinski definition) is 7. The molecule has 4 heterocycles. The molecule has 0 saturated heterocycles. The van der Waals surface area contributed by atoms with Crippen LogP contribution in [0, 0.1) is 0 Å². The highest BCUT2D eigenvalue weighted by Crippen LogP contribution is 2.41. The highest BCUT2D eigenvalue weighted by Gasteiger charge is 2.45. The molecule has 3 amide bonds. The van der Waals surface area contributed by atoms with Crippen LogP contribution >= 0.6 is 0 Å². The first-order valence-electron chi connectivity index (χ1n) is 13.8. The number of amides is 3. The first-order valence-corrected chi connectivity index (χ1v) is 13.8. The number of para-hydroxylation sites is 1. The number of allylic oxidation sites excluding steroid dienone is 1. The molecule has 14 heteroatoms. The topological polar surface area (TPSA) is 135 Å². The fourth-order valence-electron chi connectivity index (χ4n) is 5.20. The van der Waals surface area contributed by atoms with Crippen LogP contribution in [0.25, 0.3) is 5.69 Å². The van der Waals surface area contributed by atoms with Crippen LogP contribution in [0.5, 0.6) is 0 Å². The number of halogens is 3. The van der Waals surface area contributed by atoms with Crippen LogP contribution in [0.3, 0.4) is 0 Å². The molecule has 6 rings (SSSR count). The highest BCUT2D eigenvalue weighted by atomic mass is 19.4. The largest absolute Gasteiger partial charge is 0.433 e. The van der Waals surface area contributed by atoms with Gasteiger partial charge in [0.2, 0.25) is 5.82 Å². The lowest BCUT2D eigenvalue weighted by molar-refractivity contribution is -0.141. The van der Waals surface area contributed by atoms with Gasteiger partial charge >= 0.3 is 6.18 Å². The molecule has 4 aromatic rings. The van der Waals surface area contributed by atoms with Gasteiger partial charge in [0.15, 0.2) is 0 Å². The fourth-order valence-corrected chi connectivity index (χ4v) is 5.20. The Morgan fingerprint density at radius 3 is 2.48 bits per heavy atom. The van der Waals surface area contributed by atoms with Gasteiger partial charge in [0, 0.05) is 23.9 Å². The minimum absolute atomic E-state index is 0.197. The van der Waals surface area contributed by atoms with Crippen LogP contribution in [0.4, 0.5) is 24.8 Å². The van der Waals surface area contributed by atoms with Crippen molar-refractivity contribution >= 4 is 29.4 Å². The number of benzene rings is 1. The molecule has 2 atom stereocenters. The van der Waals surface area contributed by atoms with Gasteiger partial charge in [-0.2, -0.15) is 18.3 Å². The lowest BCUT2D eigenvalue weighted by atomic mass is 9.85. The van der Waals surface area contributed by atoms with Crippen LogP contribution in [-0.2, 0) is 15.8 Å². The van der Waals surface area contributed by atoms with Crippen molar-refractivity contribution in [3.8, 4) is 5.69 Å². The van der Waals surface area contributed by atoms with Crippen molar-refractivity contribution in [1.82, 2.24) is 30.0 Å². The second-order valence-corrected chi connectivity index (χ2v) is 10.1. The summed E-state index contributed by atoms with van der Waals surface area (Å²) < 4.78 is 41.5. The predicted molar refractivity (Wildman–Crippen MR) is 152 cm³/mol. The number of nitrogens with zero attached hydrogens (tertiary/aromatic N) is 6. The van der Waals surface area contributed by atoms with Crippen LogP contribution in [0.1, 0.15) is 53.3 Å². The second-order valence-electron chi connectivity index (χ2n) is 10.1. The maximum atomic E-state index is 14.1. The summed E-state index contributed by atoms with van der Waals surface area (Å²) in [6.45, 7) is 1.95. The number of alkyl halides is 3. The Balaban J connectivity index is 1.44. The van der Waals surface area contributed by atoms with E-state index in [9.17, 15) is 27.6 Å². The van der Waals surface area contributed by atoms with Crippen molar-refractivity contribution < 1.29 is 27.6 Å². The van der Waals surface area contributed by atoms with E-state index >= 15 is 0 Å². The number of carbonyl (C=O) groups is 3. The molecule has 1 aliphatic carbocycles.